The van der Waals surface area contributed by atoms with Gasteiger partial charge in [-0.25, -0.2) is 4.79 Å². The number of aromatic nitrogens is 1. The standard InChI is InChI=1S/C29H31N3O3/c1-29(2,3)35-28(33)31-21-9-10-22(31)18-23(17-21)32-24-6-4-5-7-26(24)34-27-16-20(8-11-25(27)32)19-12-14-30-15-13-19/h4-8,11-16,21-23H,9-10,17-18H2,1-3H3/t21-,22+,23?. The van der Waals surface area contributed by atoms with E-state index in [1.54, 1.807) is 0 Å². The summed E-state index contributed by atoms with van der Waals surface area (Å²) >= 11 is 0. The van der Waals surface area contributed by atoms with Gasteiger partial charge in [0.2, 0.25) is 0 Å². The zero-order valence-electron chi connectivity index (χ0n) is 20.5. The van der Waals surface area contributed by atoms with Crippen LogP contribution in [0.2, 0.25) is 0 Å². The van der Waals surface area contributed by atoms with Gasteiger partial charge in [0.05, 0.1) is 11.4 Å². The van der Waals surface area contributed by atoms with Crippen molar-refractivity contribution in [2.45, 2.75) is 70.2 Å². The minimum atomic E-state index is -0.484. The minimum absolute atomic E-state index is 0.173. The number of benzene rings is 2. The summed E-state index contributed by atoms with van der Waals surface area (Å²) in [6.07, 6.45) is 7.33. The molecule has 2 saturated heterocycles. The first-order valence-electron chi connectivity index (χ1n) is 12.5. The van der Waals surface area contributed by atoms with Gasteiger partial charge in [0.25, 0.3) is 0 Å². The Labute approximate surface area is 206 Å². The first-order valence-corrected chi connectivity index (χ1v) is 12.5. The molecule has 1 amide bonds. The van der Waals surface area contributed by atoms with Gasteiger partial charge in [-0.05, 0) is 94.0 Å². The Balaban J connectivity index is 1.33. The van der Waals surface area contributed by atoms with Crippen molar-refractivity contribution in [3.8, 4) is 22.6 Å². The van der Waals surface area contributed by atoms with Crippen molar-refractivity contribution in [2.75, 3.05) is 4.90 Å². The molecule has 1 unspecified atom stereocenters. The van der Waals surface area contributed by atoms with Gasteiger partial charge < -0.3 is 19.3 Å². The molecule has 3 aliphatic rings. The van der Waals surface area contributed by atoms with Gasteiger partial charge in [-0.2, -0.15) is 0 Å². The zero-order chi connectivity index (χ0) is 24.2. The van der Waals surface area contributed by atoms with Gasteiger partial charge >= 0.3 is 6.09 Å². The molecular weight excluding hydrogens is 438 g/mol. The number of carbonyl (C=O) groups is 1. The third-order valence-electron chi connectivity index (χ3n) is 7.26. The average molecular weight is 470 g/mol. The van der Waals surface area contributed by atoms with E-state index in [0.717, 1.165) is 59.7 Å². The Kier molecular flexibility index (Phi) is 5.20. The largest absolute Gasteiger partial charge is 0.453 e. The number of rotatable bonds is 2. The topological polar surface area (TPSA) is 54.9 Å². The van der Waals surface area contributed by atoms with Crippen molar-refractivity contribution in [3.05, 3.63) is 67.0 Å². The Morgan fingerprint density at radius 2 is 1.57 bits per heavy atom. The maximum atomic E-state index is 13.0. The minimum Gasteiger partial charge on any atom is -0.453 e. The second-order valence-electron chi connectivity index (χ2n) is 10.8. The number of ether oxygens (including phenoxy) is 2. The predicted molar refractivity (Wildman–Crippen MR) is 136 cm³/mol. The predicted octanol–water partition coefficient (Wildman–Crippen LogP) is 6.92. The highest BCUT2D eigenvalue weighted by molar-refractivity contribution is 5.82. The molecular formula is C29H31N3O3. The van der Waals surface area contributed by atoms with Crippen LogP contribution in [0, 0.1) is 0 Å². The quantitative estimate of drug-likeness (QED) is 0.408. The van der Waals surface area contributed by atoms with Crippen LogP contribution >= 0.6 is 0 Å². The summed E-state index contributed by atoms with van der Waals surface area (Å²) in [5, 5.41) is 0. The van der Waals surface area contributed by atoms with Crippen molar-refractivity contribution in [1.82, 2.24) is 9.88 Å². The van der Waals surface area contributed by atoms with Crippen molar-refractivity contribution >= 4 is 17.5 Å². The lowest BCUT2D eigenvalue weighted by Gasteiger charge is -2.45. The van der Waals surface area contributed by atoms with Crippen LogP contribution < -0.4 is 9.64 Å². The number of pyridine rings is 1. The summed E-state index contributed by atoms with van der Waals surface area (Å²) in [6, 6.07) is 19.4. The molecule has 2 fully saturated rings. The monoisotopic (exact) mass is 469 g/mol. The van der Waals surface area contributed by atoms with Crippen LogP contribution in [0.25, 0.3) is 11.1 Å². The van der Waals surface area contributed by atoms with Crippen LogP contribution in [0.4, 0.5) is 16.2 Å². The molecule has 0 saturated carbocycles. The number of fused-ring (bicyclic) bond motifs is 4. The molecule has 2 bridgehead atoms. The fraction of sp³-hybridized carbons (Fsp3) is 0.379. The summed E-state index contributed by atoms with van der Waals surface area (Å²) in [5.74, 6) is 1.73. The number of hydrogen-bond donors (Lipinski definition) is 0. The molecule has 1 aromatic heterocycles. The Hall–Kier alpha value is -3.54. The van der Waals surface area contributed by atoms with Crippen LogP contribution in [0.1, 0.15) is 46.5 Å². The van der Waals surface area contributed by atoms with Gasteiger partial charge in [-0.1, -0.05) is 18.2 Å². The second-order valence-corrected chi connectivity index (χ2v) is 10.8. The number of amides is 1. The lowest BCUT2D eigenvalue weighted by molar-refractivity contribution is 0.00613. The molecule has 4 heterocycles. The lowest BCUT2D eigenvalue weighted by atomic mass is 9.94. The molecule has 3 aromatic rings. The van der Waals surface area contributed by atoms with E-state index in [4.69, 9.17) is 9.47 Å². The molecule has 6 heteroatoms. The third kappa shape index (κ3) is 4.01. The van der Waals surface area contributed by atoms with Crippen LogP contribution in [-0.4, -0.2) is 39.7 Å². The highest BCUT2D eigenvalue weighted by Gasteiger charge is 2.47. The molecule has 3 aliphatic heterocycles. The van der Waals surface area contributed by atoms with E-state index < -0.39 is 5.60 Å². The van der Waals surface area contributed by atoms with Gasteiger partial charge in [-0.15, -0.1) is 0 Å². The SMILES string of the molecule is CC(C)(C)OC(=O)N1[C@@H]2CC[C@H]1CC(N1c3ccccc3Oc3cc(-c4ccncc4)ccc31)C2. The number of para-hydroxylation sites is 2. The molecule has 0 N–H and O–H groups in total. The summed E-state index contributed by atoms with van der Waals surface area (Å²) in [6.45, 7) is 5.80. The number of piperidine rings is 1. The van der Waals surface area contributed by atoms with E-state index in [-0.39, 0.29) is 24.2 Å². The van der Waals surface area contributed by atoms with E-state index >= 15 is 0 Å². The molecule has 6 nitrogen and oxygen atoms in total. The Morgan fingerprint density at radius 3 is 2.29 bits per heavy atom. The average Bonchev–Trinajstić information content (AvgIpc) is 3.11. The van der Waals surface area contributed by atoms with E-state index in [2.05, 4.69) is 40.2 Å². The molecule has 180 valence electrons. The van der Waals surface area contributed by atoms with Gasteiger partial charge in [0, 0.05) is 30.5 Å². The van der Waals surface area contributed by atoms with Crippen molar-refractivity contribution < 1.29 is 14.3 Å². The first-order chi connectivity index (χ1) is 16.9. The number of hydrogen-bond acceptors (Lipinski definition) is 5. The van der Waals surface area contributed by atoms with Crippen LogP contribution in [0.5, 0.6) is 11.5 Å². The summed E-state index contributed by atoms with van der Waals surface area (Å²) in [7, 11) is 0. The van der Waals surface area contributed by atoms with E-state index in [0.29, 0.717) is 0 Å². The van der Waals surface area contributed by atoms with E-state index in [1.807, 2.05) is 62.3 Å². The summed E-state index contributed by atoms with van der Waals surface area (Å²) in [5.41, 5.74) is 3.90. The van der Waals surface area contributed by atoms with Crippen molar-refractivity contribution in [3.63, 3.8) is 0 Å². The fourth-order valence-corrected chi connectivity index (χ4v) is 5.87. The molecule has 0 aliphatic carbocycles. The maximum Gasteiger partial charge on any atom is 0.410 e. The van der Waals surface area contributed by atoms with Crippen molar-refractivity contribution in [2.24, 2.45) is 0 Å². The van der Waals surface area contributed by atoms with E-state index in [9.17, 15) is 4.79 Å². The van der Waals surface area contributed by atoms with Crippen LogP contribution in [0.3, 0.4) is 0 Å². The number of anilines is 2. The number of carbonyl (C=O) groups excluding carboxylic acids is 1. The van der Waals surface area contributed by atoms with E-state index in [1.165, 1.54) is 0 Å². The molecule has 35 heavy (non-hydrogen) atoms. The smallest absolute Gasteiger partial charge is 0.410 e. The zero-order valence-corrected chi connectivity index (χ0v) is 20.5. The first kappa shape index (κ1) is 22.0. The summed E-state index contributed by atoms with van der Waals surface area (Å²) in [4.78, 5) is 21.6. The van der Waals surface area contributed by atoms with Gasteiger partial charge in [0.15, 0.2) is 11.5 Å². The molecule has 3 atom stereocenters. The Bertz CT molecular complexity index is 1240. The highest BCUT2D eigenvalue weighted by atomic mass is 16.6. The maximum absolute atomic E-state index is 13.0. The normalized spacial score (nSPS) is 22.8. The Morgan fingerprint density at radius 1 is 0.886 bits per heavy atom. The van der Waals surface area contributed by atoms with Crippen LogP contribution in [-0.2, 0) is 4.74 Å². The molecule has 2 aromatic carbocycles. The molecule has 0 spiro atoms. The van der Waals surface area contributed by atoms with Gasteiger partial charge in [0.1, 0.15) is 5.60 Å². The fourth-order valence-electron chi connectivity index (χ4n) is 5.87. The third-order valence-corrected chi connectivity index (χ3v) is 7.26. The van der Waals surface area contributed by atoms with Gasteiger partial charge in [-0.3, -0.25) is 4.98 Å². The second kappa shape index (κ2) is 8.29. The highest BCUT2D eigenvalue weighted by Crippen LogP contribution is 2.51. The lowest BCUT2D eigenvalue weighted by Crippen LogP contribution is -2.53. The van der Waals surface area contributed by atoms with Crippen molar-refractivity contribution in [1.29, 1.82) is 0 Å². The number of nitrogens with zero attached hydrogens (tertiary/aromatic N) is 3. The molecule has 6 rings (SSSR count). The molecule has 0 radical (unpaired) electrons. The van der Waals surface area contributed by atoms with Crippen LogP contribution in [0.15, 0.2) is 67.0 Å². The summed E-state index contributed by atoms with van der Waals surface area (Å²) < 4.78 is 12.2.